The molecule has 0 atom stereocenters. The first-order valence-corrected chi connectivity index (χ1v) is 7.61. The lowest BCUT2D eigenvalue weighted by molar-refractivity contribution is -0.118. The quantitative estimate of drug-likeness (QED) is 0.521. The second-order valence-corrected chi connectivity index (χ2v) is 5.81. The topological polar surface area (TPSA) is 54.9 Å². The molecule has 6 heteroatoms. The predicted octanol–water partition coefficient (Wildman–Crippen LogP) is 2.10. The van der Waals surface area contributed by atoms with Gasteiger partial charge in [0.1, 0.15) is 16.2 Å². The van der Waals surface area contributed by atoms with Crippen LogP contribution in [0.25, 0.3) is 10.2 Å². The lowest BCUT2D eigenvalue weighted by Crippen LogP contribution is -2.25. The van der Waals surface area contributed by atoms with Crippen molar-refractivity contribution in [3.8, 4) is 12.3 Å². The van der Waals surface area contributed by atoms with Gasteiger partial charge < -0.3 is 5.32 Å². The van der Waals surface area contributed by atoms with E-state index in [1.54, 1.807) is 17.7 Å². The Balaban J connectivity index is 2.10. The van der Waals surface area contributed by atoms with Crippen LogP contribution >= 0.6 is 23.1 Å². The Kier molecular flexibility index (Phi) is 4.77. The molecule has 0 radical (unpaired) electrons. The highest BCUT2D eigenvalue weighted by molar-refractivity contribution is 8.00. The summed E-state index contributed by atoms with van der Waals surface area (Å²) in [4.78, 5) is 22.2. The van der Waals surface area contributed by atoms with Crippen LogP contribution in [0.5, 0.6) is 0 Å². The van der Waals surface area contributed by atoms with E-state index in [-0.39, 0.29) is 12.5 Å². The van der Waals surface area contributed by atoms with Gasteiger partial charge in [-0.3, -0.25) is 4.79 Å². The summed E-state index contributed by atoms with van der Waals surface area (Å²) >= 11 is 3.08. The fraction of sp³-hybridized carbons (Fsp3) is 0.308. The number of carbonyl (C=O) groups excluding carboxylic acids is 1. The molecular formula is C13H13N3OS2. The van der Waals surface area contributed by atoms with Gasteiger partial charge in [0.15, 0.2) is 0 Å². The van der Waals surface area contributed by atoms with Gasteiger partial charge in [-0.15, -0.1) is 17.8 Å². The van der Waals surface area contributed by atoms with E-state index in [0.29, 0.717) is 5.75 Å². The SMILES string of the molecule is C#CCNC(=O)CSc1ncnc2sc(CC)cc12. The summed E-state index contributed by atoms with van der Waals surface area (Å²) in [6.45, 7) is 2.37. The largest absolute Gasteiger partial charge is 0.344 e. The van der Waals surface area contributed by atoms with E-state index in [1.807, 2.05) is 0 Å². The molecule has 0 unspecified atom stereocenters. The first-order chi connectivity index (χ1) is 9.24. The van der Waals surface area contributed by atoms with E-state index in [2.05, 4.69) is 34.2 Å². The molecule has 2 aromatic heterocycles. The highest BCUT2D eigenvalue weighted by Crippen LogP contribution is 2.30. The van der Waals surface area contributed by atoms with Gasteiger partial charge in [0.05, 0.1) is 12.3 Å². The number of aryl methyl sites for hydroxylation is 1. The molecule has 0 bridgehead atoms. The third-order valence-electron chi connectivity index (χ3n) is 2.42. The van der Waals surface area contributed by atoms with Crippen molar-refractivity contribution < 1.29 is 4.79 Å². The number of nitrogens with one attached hydrogen (secondary N) is 1. The van der Waals surface area contributed by atoms with Gasteiger partial charge in [-0.25, -0.2) is 9.97 Å². The lowest BCUT2D eigenvalue weighted by atomic mass is 10.3. The number of rotatable bonds is 5. The van der Waals surface area contributed by atoms with Crippen molar-refractivity contribution in [3.05, 3.63) is 17.3 Å². The molecule has 2 rings (SSSR count). The zero-order valence-corrected chi connectivity index (χ0v) is 12.1. The van der Waals surface area contributed by atoms with Gasteiger partial charge in [-0.05, 0) is 12.5 Å². The molecule has 0 aliphatic heterocycles. The van der Waals surface area contributed by atoms with Crippen LogP contribution in [0.3, 0.4) is 0 Å². The smallest absolute Gasteiger partial charge is 0.231 e. The molecule has 98 valence electrons. The van der Waals surface area contributed by atoms with Crippen LogP contribution in [0, 0.1) is 12.3 Å². The average molecular weight is 291 g/mol. The van der Waals surface area contributed by atoms with Crippen LogP contribution in [-0.4, -0.2) is 28.2 Å². The Labute approximate surface area is 120 Å². The van der Waals surface area contributed by atoms with Crippen LogP contribution in [0.15, 0.2) is 17.4 Å². The maximum absolute atomic E-state index is 11.5. The molecule has 0 spiro atoms. The summed E-state index contributed by atoms with van der Waals surface area (Å²) in [5.41, 5.74) is 0. The number of terminal acetylenes is 1. The molecule has 0 saturated carbocycles. The number of amides is 1. The van der Waals surface area contributed by atoms with E-state index in [9.17, 15) is 4.79 Å². The summed E-state index contributed by atoms with van der Waals surface area (Å²) < 4.78 is 0. The molecule has 2 heterocycles. The van der Waals surface area contributed by atoms with Crippen LogP contribution in [0.1, 0.15) is 11.8 Å². The molecule has 19 heavy (non-hydrogen) atoms. The molecule has 2 aromatic rings. The maximum Gasteiger partial charge on any atom is 0.231 e. The van der Waals surface area contributed by atoms with Gasteiger partial charge in [0, 0.05) is 10.3 Å². The van der Waals surface area contributed by atoms with E-state index in [1.165, 1.54) is 16.6 Å². The zero-order valence-electron chi connectivity index (χ0n) is 10.5. The molecule has 0 saturated heterocycles. The van der Waals surface area contributed by atoms with Crippen molar-refractivity contribution in [1.29, 1.82) is 0 Å². The summed E-state index contributed by atoms with van der Waals surface area (Å²) in [5, 5.41) is 4.50. The minimum Gasteiger partial charge on any atom is -0.344 e. The van der Waals surface area contributed by atoms with Gasteiger partial charge >= 0.3 is 0 Å². The summed E-state index contributed by atoms with van der Waals surface area (Å²) in [5.74, 6) is 2.60. The van der Waals surface area contributed by atoms with Crippen molar-refractivity contribution in [2.45, 2.75) is 18.4 Å². The first-order valence-electron chi connectivity index (χ1n) is 5.81. The molecule has 0 aliphatic carbocycles. The number of fused-ring (bicyclic) bond motifs is 1. The third kappa shape index (κ3) is 3.46. The van der Waals surface area contributed by atoms with Crippen molar-refractivity contribution in [2.24, 2.45) is 0 Å². The number of thiophene rings is 1. The summed E-state index contributed by atoms with van der Waals surface area (Å²) in [6, 6.07) is 2.10. The fourth-order valence-electron chi connectivity index (χ4n) is 1.51. The molecule has 0 fully saturated rings. The maximum atomic E-state index is 11.5. The van der Waals surface area contributed by atoms with Gasteiger partial charge in [0.2, 0.25) is 5.91 Å². The number of hydrogen-bond acceptors (Lipinski definition) is 5. The monoisotopic (exact) mass is 291 g/mol. The van der Waals surface area contributed by atoms with Crippen LogP contribution in [-0.2, 0) is 11.2 Å². The van der Waals surface area contributed by atoms with Crippen LogP contribution < -0.4 is 5.32 Å². The lowest BCUT2D eigenvalue weighted by Gasteiger charge is -2.02. The van der Waals surface area contributed by atoms with Crippen molar-refractivity contribution in [3.63, 3.8) is 0 Å². The second kappa shape index (κ2) is 6.55. The minimum absolute atomic E-state index is 0.0827. The molecule has 1 amide bonds. The zero-order chi connectivity index (χ0) is 13.7. The fourth-order valence-corrected chi connectivity index (χ4v) is 3.31. The number of nitrogens with zero attached hydrogens (tertiary/aromatic N) is 2. The normalized spacial score (nSPS) is 10.3. The Bertz CT molecular complexity index is 630. The number of thioether (sulfide) groups is 1. The second-order valence-electron chi connectivity index (χ2n) is 3.73. The number of hydrogen-bond donors (Lipinski definition) is 1. The third-order valence-corrected chi connectivity index (χ3v) is 4.61. The Morgan fingerprint density at radius 2 is 2.42 bits per heavy atom. The molecule has 1 N–H and O–H groups in total. The highest BCUT2D eigenvalue weighted by atomic mass is 32.2. The first kappa shape index (κ1) is 13.8. The van der Waals surface area contributed by atoms with Gasteiger partial charge in [-0.2, -0.15) is 0 Å². The van der Waals surface area contributed by atoms with E-state index >= 15 is 0 Å². The minimum atomic E-state index is -0.0827. The summed E-state index contributed by atoms with van der Waals surface area (Å²) in [6.07, 6.45) is 7.61. The Morgan fingerprint density at radius 1 is 1.58 bits per heavy atom. The predicted molar refractivity (Wildman–Crippen MR) is 79.4 cm³/mol. The van der Waals surface area contributed by atoms with E-state index in [4.69, 9.17) is 6.42 Å². The van der Waals surface area contributed by atoms with E-state index < -0.39 is 0 Å². The molecule has 4 nitrogen and oxygen atoms in total. The molecule has 0 aromatic carbocycles. The van der Waals surface area contributed by atoms with Crippen LogP contribution in [0.4, 0.5) is 0 Å². The number of aromatic nitrogens is 2. The molecular weight excluding hydrogens is 278 g/mol. The Hall–Kier alpha value is -1.58. The highest BCUT2D eigenvalue weighted by Gasteiger charge is 2.10. The van der Waals surface area contributed by atoms with Crippen molar-refractivity contribution in [2.75, 3.05) is 12.3 Å². The number of carbonyl (C=O) groups is 1. The van der Waals surface area contributed by atoms with Gasteiger partial charge in [0.25, 0.3) is 0 Å². The van der Waals surface area contributed by atoms with Gasteiger partial charge in [-0.1, -0.05) is 24.6 Å². The average Bonchev–Trinajstić information content (AvgIpc) is 2.86. The summed E-state index contributed by atoms with van der Waals surface area (Å²) in [7, 11) is 0. The van der Waals surface area contributed by atoms with E-state index in [0.717, 1.165) is 21.7 Å². The van der Waals surface area contributed by atoms with Crippen molar-refractivity contribution >= 4 is 39.2 Å². The van der Waals surface area contributed by atoms with Crippen molar-refractivity contribution in [1.82, 2.24) is 15.3 Å². The standard InChI is InChI=1S/C13H13N3OS2/c1-3-5-14-11(17)7-18-12-10-6-9(4-2)19-13(10)16-8-15-12/h1,6,8H,4-5,7H2,2H3,(H,14,17). The Morgan fingerprint density at radius 3 is 3.16 bits per heavy atom. The molecule has 0 aliphatic rings. The van der Waals surface area contributed by atoms with Crippen LogP contribution in [0.2, 0.25) is 0 Å².